The maximum absolute atomic E-state index is 11.3. The third-order valence-electron chi connectivity index (χ3n) is 3.20. The predicted octanol–water partition coefficient (Wildman–Crippen LogP) is 3.18. The molecule has 1 atom stereocenters. The first kappa shape index (κ1) is 9.76. The molecule has 1 saturated carbocycles. The fourth-order valence-electron chi connectivity index (χ4n) is 2.16. The van der Waals surface area contributed by atoms with Gasteiger partial charge >= 0.3 is 0 Å². The van der Waals surface area contributed by atoms with Gasteiger partial charge in [-0.2, -0.15) is 0 Å². The number of Topliss-reactive ketones (excluding diaryl/α,β-unsaturated/α-hetero) is 1. The van der Waals surface area contributed by atoms with Crippen LogP contribution in [-0.4, -0.2) is 5.78 Å². The third kappa shape index (κ3) is 2.33. The highest BCUT2D eigenvalue weighted by molar-refractivity contribution is 5.82. The summed E-state index contributed by atoms with van der Waals surface area (Å²) in [7, 11) is 0. The van der Waals surface area contributed by atoms with Crippen LogP contribution < -0.4 is 0 Å². The van der Waals surface area contributed by atoms with E-state index >= 15 is 0 Å². The number of hydrogen-bond acceptors (Lipinski definition) is 1. The van der Waals surface area contributed by atoms with E-state index < -0.39 is 0 Å². The molecule has 1 rings (SSSR count). The van der Waals surface area contributed by atoms with Gasteiger partial charge in [-0.05, 0) is 25.2 Å². The molecule has 0 saturated heterocycles. The molecule has 70 valence electrons. The van der Waals surface area contributed by atoms with Crippen molar-refractivity contribution in [2.75, 3.05) is 0 Å². The minimum Gasteiger partial charge on any atom is -0.299 e. The van der Waals surface area contributed by atoms with Crippen LogP contribution in [0.5, 0.6) is 0 Å². The van der Waals surface area contributed by atoms with Crippen LogP contribution in [0.2, 0.25) is 0 Å². The summed E-state index contributed by atoms with van der Waals surface area (Å²) in [6.45, 7) is 4.46. The van der Waals surface area contributed by atoms with Crippen LogP contribution in [0.25, 0.3) is 0 Å². The molecule has 1 aliphatic rings. The highest BCUT2D eigenvalue weighted by atomic mass is 16.1. The predicted molar refractivity (Wildman–Crippen MR) is 51.0 cm³/mol. The molecule has 0 aromatic rings. The van der Waals surface area contributed by atoms with Gasteiger partial charge in [0.2, 0.25) is 0 Å². The third-order valence-corrected chi connectivity index (χ3v) is 3.20. The Balaban J connectivity index is 2.33. The summed E-state index contributed by atoms with van der Waals surface area (Å²) in [6, 6.07) is 0. The zero-order valence-electron chi connectivity index (χ0n) is 8.31. The Morgan fingerprint density at radius 3 is 2.50 bits per heavy atom. The smallest absolute Gasteiger partial charge is 0.135 e. The molecule has 1 unspecified atom stereocenters. The molecular formula is C11H20O. The summed E-state index contributed by atoms with van der Waals surface area (Å²) in [5.74, 6) is 1.74. The van der Waals surface area contributed by atoms with Crippen LogP contribution >= 0.6 is 0 Å². The lowest BCUT2D eigenvalue weighted by molar-refractivity contribution is -0.121. The van der Waals surface area contributed by atoms with Gasteiger partial charge in [0.05, 0.1) is 0 Å². The van der Waals surface area contributed by atoms with Crippen molar-refractivity contribution in [3.63, 3.8) is 0 Å². The quantitative estimate of drug-likeness (QED) is 0.630. The number of ketones is 1. The van der Waals surface area contributed by atoms with Crippen molar-refractivity contribution in [2.45, 2.75) is 52.4 Å². The van der Waals surface area contributed by atoms with Crippen molar-refractivity contribution in [1.29, 1.82) is 0 Å². The highest BCUT2D eigenvalue weighted by Gasteiger charge is 2.25. The first-order chi connectivity index (χ1) is 5.77. The second-order valence-corrected chi connectivity index (χ2v) is 3.97. The molecule has 12 heavy (non-hydrogen) atoms. The number of carbonyl (C=O) groups excluding carboxylic acids is 1. The van der Waals surface area contributed by atoms with Crippen LogP contribution in [0.15, 0.2) is 0 Å². The van der Waals surface area contributed by atoms with E-state index in [1.807, 2.05) is 0 Å². The molecule has 1 nitrogen and oxygen atoms in total. The Hall–Kier alpha value is -0.330. The van der Waals surface area contributed by atoms with Gasteiger partial charge in [-0.15, -0.1) is 0 Å². The molecule has 0 N–H and O–H groups in total. The maximum Gasteiger partial charge on any atom is 0.135 e. The first-order valence-electron chi connectivity index (χ1n) is 5.30. The molecular weight excluding hydrogens is 148 g/mol. The van der Waals surface area contributed by atoms with E-state index in [-0.39, 0.29) is 0 Å². The Kier molecular flexibility index (Phi) is 3.77. The maximum atomic E-state index is 11.3. The van der Waals surface area contributed by atoms with Crippen LogP contribution in [0.3, 0.4) is 0 Å². The Morgan fingerprint density at radius 2 is 2.08 bits per heavy atom. The fourth-order valence-corrected chi connectivity index (χ4v) is 2.16. The minimum atomic E-state index is 0.426. The molecule has 0 amide bonds. The number of rotatable bonds is 4. The van der Waals surface area contributed by atoms with E-state index in [2.05, 4.69) is 13.8 Å². The molecule has 0 bridgehead atoms. The van der Waals surface area contributed by atoms with Gasteiger partial charge in [-0.25, -0.2) is 0 Å². The second kappa shape index (κ2) is 4.64. The van der Waals surface area contributed by atoms with Crippen LogP contribution in [-0.2, 0) is 4.79 Å². The van der Waals surface area contributed by atoms with E-state index in [9.17, 15) is 4.79 Å². The van der Waals surface area contributed by atoms with Crippen molar-refractivity contribution >= 4 is 5.78 Å². The van der Waals surface area contributed by atoms with Gasteiger partial charge in [0.25, 0.3) is 0 Å². The lowest BCUT2D eigenvalue weighted by Gasteiger charge is -2.15. The van der Waals surface area contributed by atoms with Gasteiger partial charge in [-0.3, -0.25) is 4.79 Å². The average Bonchev–Trinajstić information content (AvgIpc) is 2.47. The highest BCUT2D eigenvalue weighted by Crippen LogP contribution is 2.29. The van der Waals surface area contributed by atoms with E-state index in [4.69, 9.17) is 0 Å². The topological polar surface area (TPSA) is 17.1 Å². The molecule has 0 aliphatic heterocycles. The summed E-state index contributed by atoms with van der Waals surface area (Å²) in [5, 5.41) is 0. The monoisotopic (exact) mass is 168 g/mol. The summed E-state index contributed by atoms with van der Waals surface area (Å²) >= 11 is 0. The SMILES string of the molecule is CCC(CC)CC1CCCC1=O. The van der Waals surface area contributed by atoms with Crippen molar-refractivity contribution < 1.29 is 4.79 Å². The molecule has 0 aromatic carbocycles. The Morgan fingerprint density at radius 1 is 1.42 bits per heavy atom. The standard InChI is InChI=1S/C11H20O/c1-3-9(4-2)8-10-6-5-7-11(10)12/h9-10H,3-8H2,1-2H3. The Labute approximate surface area is 75.5 Å². The normalized spacial score (nSPS) is 23.9. The number of carbonyl (C=O) groups is 1. The summed E-state index contributed by atoms with van der Waals surface area (Å²) in [4.78, 5) is 11.3. The van der Waals surface area contributed by atoms with E-state index in [1.54, 1.807) is 0 Å². The van der Waals surface area contributed by atoms with E-state index in [1.165, 1.54) is 12.8 Å². The van der Waals surface area contributed by atoms with Crippen LogP contribution in [0.1, 0.15) is 52.4 Å². The summed E-state index contributed by atoms with van der Waals surface area (Å²) < 4.78 is 0. The van der Waals surface area contributed by atoms with E-state index in [0.717, 1.165) is 31.6 Å². The largest absolute Gasteiger partial charge is 0.299 e. The van der Waals surface area contributed by atoms with Gasteiger partial charge in [0.1, 0.15) is 5.78 Å². The van der Waals surface area contributed by atoms with Crippen molar-refractivity contribution in [2.24, 2.45) is 11.8 Å². The molecule has 0 heterocycles. The molecule has 0 radical (unpaired) electrons. The van der Waals surface area contributed by atoms with Crippen molar-refractivity contribution in [1.82, 2.24) is 0 Å². The van der Waals surface area contributed by atoms with Crippen LogP contribution in [0, 0.1) is 11.8 Å². The molecule has 1 fully saturated rings. The van der Waals surface area contributed by atoms with Gasteiger partial charge in [-0.1, -0.05) is 26.7 Å². The lowest BCUT2D eigenvalue weighted by Crippen LogP contribution is -2.11. The molecule has 0 spiro atoms. The second-order valence-electron chi connectivity index (χ2n) is 3.97. The fraction of sp³-hybridized carbons (Fsp3) is 0.909. The molecule has 1 heteroatoms. The zero-order valence-corrected chi connectivity index (χ0v) is 8.31. The number of hydrogen-bond donors (Lipinski definition) is 0. The van der Waals surface area contributed by atoms with Crippen molar-refractivity contribution in [3.05, 3.63) is 0 Å². The first-order valence-corrected chi connectivity index (χ1v) is 5.30. The Bertz CT molecular complexity index is 147. The van der Waals surface area contributed by atoms with Gasteiger partial charge < -0.3 is 0 Å². The molecule has 0 aromatic heterocycles. The van der Waals surface area contributed by atoms with Gasteiger partial charge in [0.15, 0.2) is 0 Å². The lowest BCUT2D eigenvalue weighted by atomic mass is 9.89. The average molecular weight is 168 g/mol. The minimum absolute atomic E-state index is 0.426. The van der Waals surface area contributed by atoms with Crippen molar-refractivity contribution in [3.8, 4) is 0 Å². The zero-order chi connectivity index (χ0) is 8.97. The summed E-state index contributed by atoms with van der Waals surface area (Å²) in [6.07, 6.45) is 6.79. The molecule has 1 aliphatic carbocycles. The van der Waals surface area contributed by atoms with E-state index in [0.29, 0.717) is 11.7 Å². The van der Waals surface area contributed by atoms with Crippen LogP contribution in [0.4, 0.5) is 0 Å². The van der Waals surface area contributed by atoms with Gasteiger partial charge in [0, 0.05) is 12.3 Å². The summed E-state index contributed by atoms with van der Waals surface area (Å²) in [5.41, 5.74) is 0.